The fourth-order valence-electron chi connectivity index (χ4n) is 6.55. The van der Waals surface area contributed by atoms with E-state index in [0.717, 1.165) is 18.6 Å². The molecule has 0 unspecified atom stereocenters. The molecule has 3 rings (SSSR count). The van der Waals surface area contributed by atoms with Crippen molar-refractivity contribution in [3.63, 3.8) is 0 Å². The molecule has 0 saturated carbocycles. The highest BCUT2D eigenvalue weighted by molar-refractivity contribution is 8.00. The van der Waals surface area contributed by atoms with E-state index in [2.05, 4.69) is 66.1 Å². The van der Waals surface area contributed by atoms with Gasteiger partial charge in [0.1, 0.15) is 0 Å². The number of hydrogen-bond donors (Lipinski definition) is 6. The van der Waals surface area contributed by atoms with Crippen LogP contribution in [0.3, 0.4) is 0 Å². The third-order valence-corrected chi connectivity index (χ3v) is 11.1. The number of hydrogen-bond acceptors (Lipinski definition) is 9. The van der Waals surface area contributed by atoms with Gasteiger partial charge in [0, 0.05) is 40.9 Å². The maximum Gasteiger partial charge on any atom is 0.327 e. The summed E-state index contributed by atoms with van der Waals surface area (Å²) in [6.07, 6.45) is 8.67. The molecular formula is C37H58N6O6S2. The number of aryl methyl sites for hydroxylation is 1. The zero-order valence-electron chi connectivity index (χ0n) is 31.3. The molecule has 0 atom stereocenters. The number of nitrogens with one attached hydrogen (secondary N) is 6. The largest absolute Gasteiger partial charge is 0.381 e. The van der Waals surface area contributed by atoms with Crippen molar-refractivity contribution in [2.45, 2.75) is 122 Å². The molecule has 0 aromatic heterocycles. The van der Waals surface area contributed by atoms with Crippen molar-refractivity contribution in [3.8, 4) is 0 Å². The molecule has 1 aliphatic heterocycles. The minimum atomic E-state index is -4.01. The van der Waals surface area contributed by atoms with Gasteiger partial charge in [0.05, 0.1) is 22.9 Å². The molecule has 0 radical (unpaired) electrons. The average molecular weight is 747 g/mol. The molecule has 1 fully saturated rings. The molecule has 0 aliphatic carbocycles. The fourth-order valence-corrected chi connectivity index (χ4v) is 8.50. The molecule has 1 heterocycles. The van der Waals surface area contributed by atoms with Crippen LogP contribution in [-0.4, -0.2) is 68.0 Å². The van der Waals surface area contributed by atoms with Crippen LogP contribution in [0.25, 0.3) is 0 Å². The highest BCUT2D eigenvalue weighted by atomic mass is 32.2. The minimum absolute atomic E-state index is 0.0418. The third kappa shape index (κ3) is 14.3. The van der Waals surface area contributed by atoms with Crippen LogP contribution in [0.2, 0.25) is 0 Å². The molecule has 1 saturated heterocycles. The van der Waals surface area contributed by atoms with Crippen molar-refractivity contribution in [1.29, 1.82) is 0 Å². The molecule has 284 valence electrons. The molecule has 2 aromatic rings. The van der Waals surface area contributed by atoms with Crippen LogP contribution < -0.4 is 31.5 Å². The van der Waals surface area contributed by atoms with Gasteiger partial charge in [-0.25, -0.2) is 8.42 Å². The second-order valence-electron chi connectivity index (χ2n) is 14.6. The van der Waals surface area contributed by atoms with E-state index in [-0.39, 0.29) is 33.7 Å². The predicted octanol–water partition coefficient (Wildman–Crippen LogP) is 6.02. The number of anilines is 3. The molecule has 0 bridgehead atoms. The number of unbranched alkanes of at least 4 members (excludes halogenated alkanes) is 5. The van der Waals surface area contributed by atoms with Gasteiger partial charge >= 0.3 is 11.8 Å². The number of sulfonamides is 1. The van der Waals surface area contributed by atoms with Crippen molar-refractivity contribution in [2.24, 2.45) is 0 Å². The fraction of sp³-hybridized carbons (Fsp3) is 0.595. The van der Waals surface area contributed by atoms with Crippen LogP contribution >= 0.6 is 11.8 Å². The van der Waals surface area contributed by atoms with Crippen LogP contribution in [0.4, 0.5) is 17.1 Å². The summed E-state index contributed by atoms with van der Waals surface area (Å²) in [5.41, 5.74) is 7.11. The molecule has 12 nitrogen and oxygen atoms in total. The van der Waals surface area contributed by atoms with Gasteiger partial charge in [-0.05, 0) is 102 Å². The number of piperidine rings is 1. The number of hydrazine groups is 1. The summed E-state index contributed by atoms with van der Waals surface area (Å²) in [6.45, 7) is 15.3. The Morgan fingerprint density at radius 2 is 1.49 bits per heavy atom. The normalized spacial score (nSPS) is 15.5. The summed E-state index contributed by atoms with van der Waals surface area (Å²) < 4.78 is 35.1. The van der Waals surface area contributed by atoms with E-state index in [1.165, 1.54) is 62.1 Å². The van der Waals surface area contributed by atoms with Crippen LogP contribution in [0.1, 0.15) is 97.1 Å². The quantitative estimate of drug-likeness (QED) is 0.0573. The van der Waals surface area contributed by atoms with Gasteiger partial charge in [-0.3, -0.25) is 30.0 Å². The Labute approximate surface area is 308 Å². The van der Waals surface area contributed by atoms with Crippen molar-refractivity contribution in [3.05, 3.63) is 47.5 Å². The van der Waals surface area contributed by atoms with Crippen molar-refractivity contribution < 1.29 is 27.5 Å². The lowest BCUT2D eigenvalue weighted by atomic mass is 9.79. The summed E-state index contributed by atoms with van der Waals surface area (Å²) in [4.78, 5) is 37.8. The number of carbonyl (C=O) groups excluding carboxylic acids is 3. The topological polar surface area (TPSA) is 167 Å². The van der Waals surface area contributed by atoms with E-state index in [1.54, 1.807) is 25.1 Å². The number of rotatable bonds is 19. The lowest BCUT2D eigenvalue weighted by Crippen LogP contribution is -2.63. The lowest BCUT2D eigenvalue weighted by Gasteiger charge is -2.46. The Balaban J connectivity index is 1.47. The first kappa shape index (κ1) is 42.1. The van der Waals surface area contributed by atoms with Crippen molar-refractivity contribution >= 4 is 56.6 Å². The summed E-state index contributed by atoms with van der Waals surface area (Å²) in [5, 5.41) is 9.26. The van der Waals surface area contributed by atoms with Gasteiger partial charge in [0.15, 0.2) is 0 Å². The maximum absolute atomic E-state index is 13.4. The summed E-state index contributed by atoms with van der Waals surface area (Å²) >= 11 is 1.48. The Kier molecular flexibility index (Phi) is 16.1. The van der Waals surface area contributed by atoms with Crippen LogP contribution in [0, 0.1) is 13.8 Å². The summed E-state index contributed by atoms with van der Waals surface area (Å²) in [7, 11) is -4.01. The first-order valence-electron chi connectivity index (χ1n) is 17.9. The van der Waals surface area contributed by atoms with E-state index in [1.807, 2.05) is 6.92 Å². The van der Waals surface area contributed by atoms with E-state index >= 15 is 0 Å². The summed E-state index contributed by atoms with van der Waals surface area (Å²) in [6, 6.07) is 9.23. The van der Waals surface area contributed by atoms with Gasteiger partial charge in [-0.15, -0.1) is 11.8 Å². The zero-order valence-corrected chi connectivity index (χ0v) is 32.9. The molecule has 51 heavy (non-hydrogen) atoms. The smallest absolute Gasteiger partial charge is 0.327 e. The lowest BCUT2D eigenvalue weighted by molar-refractivity contribution is -0.139. The van der Waals surface area contributed by atoms with E-state index < -0.39 is 21.8 Å². The number of carbonyl (C=O) groups is 3. The van der Waals surface area contributed by atoms with Gasteiger partial charge in [-0.2, -0.15) is 0 Å². The van der Waals surface area contributed by atoms with Crippen molar-refractivity contribution in [1.82, 2.24) is 16.1 Å². The Hall–Kier alpha value is -3.33. The van der Waals surface area contributed by atoms with E-state index in [0.29, 0.717) is 47.8 Å². The third-order valence-electron chi connectivity index (χ3n) is 8.61. The van der Waals surface area contributed by atoms with E-state index in [9.17, 15) is 22.8 Å². The Bertz CT molecular complexity index is 1560. The molecule has 0 spiro atoms. The maximum atomic E-state index is 13.4. The average Bonchev–Trinajstić information content (AvgIpc) is 3.03. The SMILES string of the molecule is CCCCCCCCOCCSCC(=O)Nc1c(C)ccc(S(=O)(=O)Nc2ccc(NNC(=O)C(=O)NC3CC(C)(C)NC(C)(C)C3)cc2)c1C. The molecule has 6 N–H and O–H groups in total. The standard InChI is InChI=1S/C37H58N6O6S2/c1-8-9-10-11-12-13-20-49-21-22-50-25-32(44)39-33-26(2)14-19-31(27(33)3)51(47,48)42-29-17-15-28(16-18-29)40-41-35(46)34(45)38-30-23-36(4,5)43-37(6,7)24-30/h14-19,30,40,42-43H,8-13,20-25H2,1-7H3,(H,38,45)(H,39,44)(H,41,46). The second-order valence-corrected chi connectivity index (χ2v) is 17.4. The number of amides is 3. The highest BCUT2D eigenvalue weighted by Gasteiger charge is 2.38. The van der Waals surface area contributed by atoms with Crippen molar-refractivity contribution in [2.75, 3.05) is 40.2 Å². The van der Waals surface area contributed by atoms with Crippen LogP contribution in [0.15, 0.2) is 41.3 Å². The summed E-state index contributed by atoms with van der Waals surface area (Å²) in [5.74, 6) is -0.855. The highest BCUT2D eigenvalue weighted by Crippen LogP contribution is 2.30. The zero-order chi connectivity index (χ0) is 37.7. The first-order valence-corrected chi connectivity index (χ1v) is 20.5. The number of benzene rings is 2. The van der Waals surface area contributed by atoms with Gasteiger partial charge < -0.3 is 20.7 Å². The second kappa shape index (κ2) is 19.5. The van der Waals surface area contributed by atoms with Gasteiger partial charge in [-0.1, -0.05) is 45.1 Å². The molecule has 1 aliphatic rings. The molecular weight excluding hydrogens is 689 g/mol. The molecule has 2 aromatic carbocycles. The Morgan fingerprint density at radius 1 is 0.863 bits per heavy atom. The molecule has 3 amide bonds. The van der Waals surface area contributed by atoms with E-state index in [4.69, 9.17) is 4.74 Å². The Morgan fingerprint density at radius 3 is 2.16 bits per heavy atom. The van der Waals surface area contributed by atoms with Gasteiger partial charge in [0.2, 0.25) is 5.91 Å². The predicted molar refractivity (Wildman–Crippen MR) is 208 cm³/mol. The van der Waals surface area contributed by atoms with Crippen LogP contribution in [0.5, 0.6) is 0 Å². The monoisotopic (exact) mass is 746 g/mol. The van der Waals surface area contributed by atoms with Gasteiger partial charge in [0.25, 0.3) is 10.0 Å². The number of thioether (sulfide) groups is 1. The molecule has 14 heteroatoms. The minimum Gasteiger partial charge on any atom is -0.381 e. The van der Waals surface area contributed by atoms with Crippen LogP contribution in [-0.2, 0) is 29.1 Å². The number of ether oxygens (including phenoxy) is 1. The first-order chi connectivity index (χ1) is 24.0.